The molecule has 2 aromatic carbocycles. The molecule has 26 heavy (non-hydrogen) atoms. The van der Waals surface area contributed by atoms with Crippen molar-refractivity contribution in [3.05, 3.63) is 90.4 Å². The molecule has 1 atom stereocenters. The summed E-state index contributed by atoms with van der Waals surface area (Å²) < 4.78 is 5.38. The fraction of sp³-hybridized carbons (Fsp3) is 0.174. The predicted molar refractivity (Wildman–Crippen MR) is 110 cm³/mol. The van der Waals surface area contributed by atoms with E-state index in [1.807, 2.05) is 56.3 Å². The normalized spacial score (nSPS) is 13.0. The highest BCUT2D eigenvalue weighted by Gasteiger charge is 2.27. The smallest absolute Gasteiger partial charge is 0.313 e. The highest BCUT2D eigenvalue weighted by molar-refractivity contribution is 8.00. The van der Waals surface area contributed by atoms with E-state index in [9.17, 15) is 4.79 Å². The minimum atomic E-state index is -0.217. The van der Waals surface area contributed by atoms with Crippen LogP contribution in [0.3, 0.4) is 0 Å². The van der Waals surface area contributed by atoms with Crippen LogP contribution < -0.4 is 4.74 Å². The number of hydrogen-bond acceptors (Lipinski definition) is 2. The summed E-state index contributed by atoms with van der Waals surface area (Å²) in [6, 6.07) is 18.2. The molecular formula is C23H25O2S+. The molecule has 0 saturated carbocycles. The molecular weight excluding hydrogens is 340 g/mol. The summed E-state index contributed by atoms with van der Waals surface area (Å²) >= 11 is 0. The van der Waals surface area contributed by atoms with Crippen molar-refractivity contribution in [2.75, 3.05) is 0 Å². The molecule has 0 amide bonds. The molecule has 0 aliphatic carbocycles. The minimum Gasteiger partial charge on any atom is -0.426 e. The Bertz CT molecular complexity index is 787. The van der Waals surface area contributed by atoms with E-state index < -0.39 is 0 Å². The molecule has 0 aliphatic rings. The lowest BCUT2D eigenvalue weighted by Crippen LogP contribution is -2.14. The van der Waals surface area contributed by atoms with Gasteiger partial charge in [0.2, 0.25) is 0 Å². The third-order valence-electron chi connectivity index (χ3n) is 3.63. The van der Waals surface area contributed by atoms with Crippen molar-refractivity contribution >= 4 is 16.9 Å². The summed E-state index contributed by atoms with van der Waals surface area (Å²) in [4.78, 5) is 15.4. The average Bonchev–Trinajstić information content (AvgIpc) is 2.64. The lowest BCUT2D eigenvalue weighted by Gasteiger charge is -2.10. The maximum atomic E-state index is 11.8. The lowest BCUT2D eigenvalue weighted by atomic mass is 10.2. The van der Waals surface area contributed by atoms with Crippen molar-refractivity contribution in [2.45, 2.75) is 30.6 Å². The van der Waals surface area contributed by atoms with Gasteiger partial charge in [-0.25, -0.2) is 0 Å². The van der Waals surface area contributed by atoms with Gasteiger partial charge >= 0.3 is 5.97 Å². The van der Waals surface area contributed by atoms with Gasteiger partial charge < -0.3 is 4.74 Å². The molecule has 0 N–H and O–H groups in total. The molecule has 0 aromatic heterocycles. The first kappa shape index (κ1) is 19.8. The lowest BCUT2D eigenvalue weighted by molar-refractivity contribution is -0.137. The van der Waals surface area contributed by atoms with Crippen LogP contribution in [0.5, 0.6) is 5.75 Å². The predicted octanol–water partition coefficient (Wildman–Crippen LogP) is 5.93. The first-order chi connectivity index (χ1) is 12.5. The van der Waals surface area contributed by atoms with Crippen molar-refractivity contribution in [3.8, 4) is 5.75 Å². The molecule has 0 saturated heterocycles. The van der Waals surface area contributed by atoms with Crippen LogP contribution in [0.15, 0.2) is 100 Å². The second kappa shape index (κ2) is 9.83. The summed E-state index contributed by atoms with van der Waals surface area (Å²) in [5.74, 6) is 0.220. The topological polar surface area (TPSA) is 26.3 Å². The summed E-state index contributed by atoms with van der Waals surface area (Å²) in [7, 11) is -0.194. The number of ether oxygens (including phenoxy) is 1. The SMILES string of the molecule is C=C/C=C\C=C(/C)[S+](c1ccccc1)c1ccc(OC(=O)C(C)C)cc1. The van der Waals surface area contributed by atoms with Gasteiger partial charge in [-0.3, -0.25) is 4.79 Å². The van der Waals surface area contributed by atoms with Crippen molar-refractivity contribution in [2.24, 2.45) is 5.92 Å². The highest BCUT2D eigenvalue weighted by Crippen LogP contribution is 2.31. The van der Waals surface area contributed by atoms with Gasteiger partial charge in [-0.15, -0.1) is 0 Å². The number of esters is 1. The Hall–Kier alpha value is -2.52. The Morgan fingerprint density at radius 1 is 1.00 bits per heavy atom. The van der Waals surface area contributed by atoms with Crippen molar-refractivity contribution in [1.82, 2.24) is 0 Å². The van der Waals surface area contributed by atoms with Gasteiger partial charge in [0.1, 0.15) is 10.7 Å². The molecule has 0 radical (unpaired) electrons. The van der Waals surface area contributed by atoms with Crippen LogP contribution in [0.2, 0.25) is 0 Å². The number of carbonyl (C=O) groups is 1. The highest BCUT2D eigenvalue weighted by atomic mass is 32.2. The monoisotopic (exact) mass is 365 g/mol. The average molecular weight is 366 g/mol. The van der Waals surface area contributed by atoms with E-state index in [-0.39, 0.29) is 22.8 Å². The number of carbonyl (C=O) groups excluding carboxylic acids is 1. The van der Waals surface area contributed by atoms with Crippen LogP contribution >= 0.6 is 0 Å². The summed E-state index contributed by atoms with van der Waals surface area (Å²) in [5.41, 5.74) is 0. The van der Waals surface area contributed by atoms with Gasteiger partial charge in [0.15, 0.2) is 9.79 Å². The molecule has 1 unspecified atom stereocenters. The molecule has 0 fully saturated rings. The molecule has 0 heterocycles. The number of allylic oxidation sites excluding steroid dienone is 5. The van der Waals surface area contributed by atoms with E-state index in [2.05, 4.69) is 43.8 Å². The van der Waals surface area contributed by atoms with Crippen LogP contribution in [0.1, 0.15) is 20.8 Å². The standard InChI is InChI=1S/C23H25O2S/c1-5-6-8-11-19(4)26(21-12-9-7-10-13-21)22-16-14-20(15-17-22)25-23(24)18(2)3/h5-18H,1H2,2-4H3/q+1/b8-6-,19-11+. The molecule has 2 aromatic rings. The Labute approximate surface area is 159 Å². The summed E-state index contributed by atoms with van der Waals surface area (Å²) in [6.45, 7) is 9.50. The van der Waals surface area contributed by atoms with Gasteiger partial charge in [-0.2, -0.15) is 0 Å². The zero-order valence-electron chi connectivity index (χ0n) is 15.5. The zero-order valence-corrected chi connectivity index (χ0v) is 16.3. The van der Waals surface area contributed by atoms with Crippen LogP contribution in [0, 0.1) is 5.92 Å². The summed E-state index contributed by atoms with van der Waals surface area (Å²) in [5, 5.41) is 0. The molecule has 2 rings (SSSR count). The second-order valence-electron chi connectivity index (χ2n) is 6.06. The maximum absolute atomic E-state index is 11.8. The van der Waals surface area contributed by atoms with E-state index in [4.69, 9.17) is 4.74 Å². The molecule has 0 aliphatic heterocycles. The van der Waals surface area contributed by atoms with Gasteiger partial charge in [-0.05, 0) is 42.5 Å². The Balaban J connectivity index is 2.33. The van der Waals surface area contributed by atoms with E-state index in [1.165, 1.54) is 14.7 Å². The second-order valence-corrected chi connectivity index (χ2v) is 8.26. The van der Waals surface area contributed by atoms with Crippen LogP contribution in [-0.4, -0.2) is 5.97 Å². The molecule has 0 bridgehead atoms. The largest absolute Gasteiger partial charge is 0.426 e. The van der Waals surface area contributed by atoms with E-state index in [1.54, 1.807) is 6.08 Å². The van der Waals surface area contributed by atoms with Crippen LogP contribution in [0.25, 0.3) is 0 Å². The third-order valence-corrected chi connectivity index (χ3v) is 5.90. The molecule has 0 spiro atoms. The quantitative estimate of drug-likeness (QED) is 0.263. The van der Waals surface area contributed by atoms with Crippen molar-refractivity contribution in [1.29, 1.82) is 0 Å². The van der Waals surface area contributed by atoms with E-state index in [0.717, 1.165) is 0 Å². The third kappa shape index (κ3) is 5.50. The zero-order chi connectivity index (χ0) is 18.9. The number of benzene rings is 2. The molecule has 3 heteroatoms. The Morgan fingerprint density at radius 3 is 2.19 bits per heavy atom. The van der Waals surface area contributed by atoms with Crippen molar-refractivity contribution < 1.29 is 9.53 Å². The molecule has 134 valence electrons. The van der Waals surface area contributed by atoms with Crippen LogP contribution in [0.4, 0.5) is 0 Å². The van der Waals surface area contributed by atoms with Gasteiger partial charge in [0.25, 0.3) is 0 Å². The number of hydrogen-bond donors (Lipinski definition) is 0. The maximum Gasteiger partial charge on any atom is 0.313 e. The number of rotatable bonds is 7. The fourth-order valence-corrected chi connectivity index (χ4v) is 4.35. The summed E-state index contributed by atoms with van der Waals surface area (Å²) in [6.07, 6.45) is 7.81. The van der Waals surface area contributed by atoms with E-state index >= 15 is 0 Å². The van der Waals surface area contributed by atoms with Gasteiger partial charge in [0.05, 0.1) is 16.8 Å². The van der Waals surface area contributed by atoms with Gasteiger partial charge in [0, 0.05) is 6.92 Å². The van der Waals surface area contributed by atoms with Crippen LogP contribution in [-0.2, 0) is 15.7 Å². The molecule has 2 nitrogen and oxygen atoms in total. The first-order valence-electron chi connectivity index (χ1n) is 8.60. The van der Waals surface area contributed by atoms with E-state index in [0.29, 0.717) is 5.75 Å². The Kier molecular flexibility index (Phi) is 7.49. The Morgan fingerprint density at radius 2 is 1.62 bits per heavy atom. The minimum absolute atomic E-state index is 0.143. The first-order valence-corrected chi connectivity index (χ1v) is 9.82. The van der Waals surface area contributed by atoms with Gasteiger partial charge in [-0.1, -0.05) is 56.9 Å². The fourth-order valence-electron chi connectivity index (χ4n) is 2.28. The van der Waals surface area contributed by atoms with Crippen molar-refractivity contribution in [3.63, 3.8) is 0 Å².